The van der Waals surface area contributed by atoms with Gasteiger partial charge in [0.15, 0.2) is 0 Å². The number of aromatic nitrogens is 1. The van der Waals surface area contributed by atoms with Crippen molar-refractivity contribution < 1.29 is 9.53 Å². The first-order valence-electron chi connectivity index (χ1n) is 5.88. The molecule has 0 aliphatic heterocycles. The minimum atomic E-state index is -0.0647. The molecule has 94 valence electrons. The first kappa shape index (κ1) is 13.6. The molecular formula is C13H20N2O2. The Morgan fingerprint density at radius 1 is 1.47 bits per heavy atom. The fourth-order valence-electron chi connectivity index (χ4n) is 1.23. The number of nitrogens with zero attached hydrogens (tertiary/aromatic N) is 1. The van der Waals surface area contributed by atoms with Gasteiger partial charge in [0, 0.05) is 12.8 Å². The first-order valence-corrected chi connectivity index (χ1v) is 5.88. The van der Waals surface area contributed by atoms with Crippen molar-refractivity contribution in [2.45, 2.75) is 27.2 Å². The molecule has 17 heavy (non-hydrogen) atoms. The third-order valence-corrected chi connectivity index (χ3v) is 2.10. The number of anilines is 1. The summed E-state index contributed by atoms with van der Waals surface area (Å²) < 4.78 is 5.34. The molecule has 0 spiro atoms. The zero-order valence-corrected chi connectivity index (χ0v) is 10.7. The highest BCUT2D eigenvalue weighted by molar-refractivity contribution is 5.89. The van der Waals surface area contributed by atoms with Crippen LogP contribution in [0.2, 0.25) is 0 Å². The van der Waals surface area contributed by atoms with Gasteiger partial charge < -0.3 is 10.1 Å². The van der Waals surface area contributed by atoms with Gasteiger partial charge in [0.2, 0.25) is 5.91 Å². The van der Waals surface area contributed by atoms with Crippen molar-refractivity contribution in [3.8, 4) is 0 Å². The molecule has 0 atom stereocenters. The van der Waals surface area contributed by atoms with Crippen LogP contribution in [-0.4, -0.2) is 24.1 Å². The van der Waals surface area contributed by atoms with E-state index in [0.717, 1.165) is 5.56 Å². The zero-order valence-electron chi connectivity index (χ0n) is 10.7. The van der Waals surface area contributed by atoms with Gasteiger partial charge in [-0.25, -0.2) is 4.98 Å². The predicted molar refractivity (Wildman–Crippen MR) is 67.9 cm³/mol. The third kappa shape index (κ3) is 6.02. The Labute approximate surface area is 102 Å². The van der Waals surface area contributed by atoms with Crippen LogP contribution in [0.3, 0.4) is 0 Å². The molecule has 0 saturated carbocycles. The minimum absolute atomic E-state index is 0.0647. The number of carbonyl (C=O) groups excluding carboxylic acids is 1. The lowest BCUT2D eigenvalue weighted by Crippen LogP contribution is -2.15. The number of hydrogen-bond acceptors (Lipinski definition) is 3. The lowest BCUT2D eigenvalue weighted by molar-refractivity contribution is -0.117. The highest BCUT2D eigenvalue weighted by atomic mass is 16.5. The predicted octanol–water partition coefficient (Wildman–Crippen LogP) is 2.39. The summed E-state index contributed by atoms with van der Waals surface area (Å²) >= 11 is 0. The van der Waals surface area contributed by atoms with Crippen LogP contribution in [0.25, 0.3) is 0 Å². The second-order valence-corrected chi connectivity index (χ2v) is 4.49. The SMILES string of the molecule is Cc1ccc(NC(=O)CCOCC(C)C)nc1. The lowest BCUT2D eigenvalue weighted by atomic mass is 10.2. The Balaban J connectivity index is 2.23. The van der Waals surface area contributed by atoms with Crippen molar-refractivity contribution in [2.75, 3.05) is 18.5 Å². The molecule has 4 heteroatoms. The van der Waals surface area contributed by atoms with Crippen molar-refractivity contribution >= 4 is 11.7 Å². The van der Waals surface area contributed by atoms with Gasteiger partial charge in [0.05, 0.1) is 13.0 Å². The number of ether oxygens (including phenoxy) is 1. The maximum atomic E-state index is 11.5. The van der Waals surface area contributed by atoms with Crippen LogP contribution in [0.5, 0.6) is 0 Å². The second-order valence-electron chi connectivity index (χ2n) is 4.49. The number of nitrogens with one attached hydrogen (secondary N) is 1. The molecule has 0 aliphatic carbocycles. The van der Waals surface area contributed by atoms with Crippen LogP contribution in [0, 0.1) is 12.8 Å². The Hall–Kier alpha value is -1.42. The van der Waals surface area contributed by atoms with E-state index in [-0.39, 0.29) is 5.91 Å². The molecule has 1 aromatic rings. The van der Waals surface area contributed by atoms with Gasteiger partial charge in [-0.1, -0.05) is 19.9 Å². The molecule has 4 nitrogen and oxygen atoms in total. The quantitative estimate of drug-likeness (QED) is 0.771. The molecule has 1 aromatic heterocycles. The molecule has 0 fully saturated rings. The molecule has 1 heterocycles. The molecular weight excluding hydrogens is 216 g/mol. The molecule has 1 amide bonds. The summed E-state index contributed by atoms with van der Waals surface area (Å²) in [6, 6.07) is 3.71. The molecule has 0 radical (unpaired) electrons. The number of rotatable bonds is 6. The minimum Gasteiger partial charge on any atom is -0.381 e. The normalized spacial score (nSPS) is 10.6. The second kappa shape index (κ2) is 7.01. The number of pyridine rings is 1. The molecule has 1 rings (SSSR count). The number of amides is 1. The standard InChI is InChI=1S/C13H20N2O2/c1-10(2)9-17-7-6-13(16)15-12-5-4-11(3)8-14-12/h4-5,8,10H,6-7,9H2,1-3H3,(H,14,15,16). The maximum Gasteiger partial charge on any atom is 0.227 e. The number of hydrogen-bond donors (Lipinski definition) is 1. The zero-order chi connectivity index (χ0) is 12.7. The van der Waals surface area contributed by atoms with Gasteiger partial charge in [-0.15, -0.1) is 0 Å². The third-order valence-electron chi connectivity index (χ3n) is 2.10. The van der Waals surface area contributed by atoms with Gasteiger partial charge in [0.1, 0.15) is 5.82 Å². The van der Waals surface area contributed by atoms with Crippen LogP contribution in [0.15, 0.2) is 18.3 Å². The van der Waals surface area contributed by atoms with Crippen LogP contribution in [0.1, 0.15) is 25.8 Å². The molecule has 0 aliphatic rings. The average molecular weight is 236 g/mol. The Kier molecular flexibility index (Phi) is 5.63. The molecule has 0 aromatic carbocycles. The molecule has 0 saturated heterocycles. The summed E-state index contributed by atoms with van der Waals surface area (Å²) in [7, 11) is 0. The summed E-state index contributed by atoms with van der Waals surface area (Å²) in [5.41, 5.74) is 1.07. The van der Waals surface area contributed by atoms with E-state index >= 15 is 0 Å². The fraction of sp³-hybridized carbons (Fsp3) is 0.538. The summed E-state index contributed by atoms with van der Waals surface area (Å²) in [6.45, 7) is 7.26. The van der Waals surface area contributed by atoms with E-state index in [1.807, 2.05) is 13.0 Å². The molecule has 0 bridgehead atoms. The number of carbonyl (C=O) groups is 1. The maximum absolute atomic E-state index is 11.5. The molecule has 0 unspecified atom stereocenters. The summed E-state index contributed by atoms with van der Waals surface area (Å²) in [6.07, 6.45) is 2.09. The smallest absolute Gasteiger partial charge is 0.227 e. The van der Waals surface area contributed by atoms with Gasteiger partial charge in [-0.05, 0) is 24.5 Å². The highest BCUT2D eigenvalue weighted by Gasteiger charge is 2.03. The van der Waals surface area contributed by atoms with E-state index in [1.165, 1.54) is 0 Å². The monoisotopic (exact) mass is 236 g/mol. The summed E-state index contributed by atoms with van der Waals surface area (Å²) in [5.74, 6) is 1.02. The number of aryl methyl sites for hydroxylation is 1. The Morgan fingerprint density at radius 3 is 2.82 bits per heavy atom. The van der Waals surface area contributed by atoms with E-state index in [9.17, 15) is 4.79 Å². The Bertz CT molecular complexity index is 347. The fourth-order valence-corrected chi connectivity index (χ4v) is 1.23. The van der Waals surface area contributed by atoms with E-state index in [4.69, 9.17) is 4.74 Å². The van der Waals surface area contributed by atoms with E-state index in [0.29, 0.717) is 31.4 Å². The topological polar surface area (TPSA) is 51.2 Å². The van der Waals surface area contributed by atoms with E-state index < -0.39 is 0 Å². The highest BCUT2D eigenvalue weighted by Crippen LogP contribution is 2.04. The average Bonchev–Trinajstić information content (AvgIpc) is 2.27. The van der Waals surface area contributed by atoms with Crippen LogP contribution >= 0.6 is 0 Å². The van der Waals surface area contributed by atoms with Crippen molar-refractivity contribution in [2.24, 2.45) is 5.92 Å². The van der Waals surface area contributed by atoms with Crippen molar-refractivity contribution in [3.05, 3.63) is 23.9 Å². The summed E-state index contributed by atoms with van der Waals surface area (Å²) in [4.78, 5) is 15.6. The van der Waals surface area contributed by atoms with E-state index in [2.05, 4.69) is 24.1 Å². The molecule has 1 N–H and O–H groups in total. The van der Waals surface area contributed by atoms with Gasteiger partial charge in [0.25, 0.3) is 0 Å². The van der Waals surface area contributed by atoms with Crippen LogP contribution in [-0.2, 0) is 9.53 Å². The first-order chi connectivity index (χ1) is 8.08. The van der Waals surface area contributed by atoms with Crippen molar-refractivity contribution in [1.29, 1.82) is 0 Å². The van der Waals surface area contributed by atoms with Gasteiger partial charge in [-0.3, -0.25) is 4.79 Å². The van der Waals surface area contributed by atoms with Gasteiger partial charge in [-0.2, -0.15) is 0 Å². The van der Waals surface area contributed by atoms with Gasteiger partial charge >= 0.3 is 0 Å². The van der Waals surface area contributed by atoms with Crippen molar-refractivity contribution in [1.82, 2.24) is 4.98 Å². The lowest BCUT2D eigenvalue weighted by Gasteiger charge is -2.07. The largest absolute Gasteiger partial charge is 0.381 e. The van der Waals surface area contributed by atoms with Crippen LogP contribution < -0.4 is 5.32 Å². The van der Waals surface area contributed by atoms with E-state index in [1.54, 1.807) is 12.3 Å². The van der Waals surface area contributed by atoms with Crippen molar-refractivity contribution in [3.63, 3.8) is 0 Å². The summed E-state index contributed by atoms with van der Waals surface area (Å²) in [5, 5.41) is 2.73. The Morgan fingerprint density at radius 2 is 2.24 bits per heavy atom. The van der Waals surface area contributed by atoms with Crippen LogP contribution in [0.4, 0.5) is 5.82 Å².